The van der Waals surface area contributed by atoms with Crippen LogP contribution in [0.2, 0.25) is 0 Å². The van der Waals surface area contributed by atoms with Crippen molar-refractivity contribution >= 4 is 5.97 Å². The molecule has 1 fully saturated rings. The van der Waals surface area contributed by atoms with Gasteiger partial charge in [0.25, 0.3) is 0 Å². The van der Waals surface area contributed by atoms with Crippen molar-refractivity contribution in [1.82, 2.24) is 15.1 Å². The summed E-state index contributed by atoms with van der Waals surface area (Å²) < 4.78 is 6.81. The fraction of sp³-hybridized carbons (Fsp3) is 0.636. The minimum atomic E-state index is -0.279. The van der Waals surface area contributed by atoms with Crippen LogP contribution < -0.4 is 5.32 Å². The molecule has 2 heterocycles. The summed E-state index contributed by atoms with van der Waals surface area (Å²) in [6, 6.07) is 2.04. The highest BCUT2D eigenvalue weighted by atomic mass is 16.5. The second-order valence-electron chi connectivity index (χ2n) is 3.86. The zero-order chi connectivity index (χ0) is 11.4. The Labute approximate surface area is 94.8 Å². The van der Waals surface area contributed by atoms with Gasteiger partial charge in [-0.3, -0.25) is 4.68 Å². The molecule has 88 valence electrons. The van der Waals surface area contributed by atoms with Crippen molar-refractivity contribution in [2.75, 3.05) is 19.7 Å². The van der Waals surface area contributed by atoms with Crippen LogP contribution in [0, 0.1) is 0 Å². The van der Waals surface area contributed by atoms with Crippen molar-refractivity contribution in [1.29, 1.82) is 0 Å². The molecule has 1 N–H and O–H groups in total. The molecule has 16 heavy (non-hydrogen) atoms. The molecule has 0 unspecified atom stereocenters. The molecule has 0 aliphatic carbocycles. The number of carbonyl (C=O) groups excluding carboxylic acids is 1. The first kappa shape index (κ1) is 11.1. The highest BCUT2D eigenvalue weighted by molar-refractivity contribution is 5.87. The second kappa shape index (κ2) is 5.12. The average molecular weight is 223 g/mol. The van der Waals surface area contributed by atoms with Crippen molar-refractivity contribution in [3.05, 3.63) is 18.0 Å². The van der Waals surface area contributed by atoms with Gasteiger partial charge in [-0.2, -0.15) is 5.10 Å². The fourth-order valence-corrected chi connectivity index (χ4v) is 2.02. The Hall–Kier alpha value is -1.36. The summed E-state index contributed by atoms with van der Waals surface area (Å²) in [5.41, 5.74) is 0.564. The minimum absolute atomic E-state index is 0.279. The third-order valence-electron chi connectivity index (χ3n) is 2.81. The summed E-state index contributed by atoms with van der Waals surface area (Å²) in [5.74, 6) is -0.279. The predicted octanol–water partition coefficient (Wildman–Crippen LogP) is 0.984. The first-order valence-electron chi connectivity index (χ1n) is 5.74. The Morgan fingerprint density at radius 3 is 3.06 bits per heavy atom. The number of nitrogens with zero attached hydrogens (tertiary/aromatic N) is 2. The van der Waals surface area contributed by atoms with Gasteiger partial charge >= 0.3 is 5.97 Å². The summed E-state index contributed by atoms with van der Waals surface area (Å²) in [4.78, 5) is 11.7. The van der Waals surface area contributed by atoms with Crippen molar-refractivity contribution in [3.63, 3.8) is 0 Å². The van der Waals surface area contributed by atoms with E-state index in [1.165, 1.54) is 0 Å². The van der Waals surface area contributed by atoms with Crippen molar-refractivity contribution in [3.8, 4) is 0 Å². The quantitative estimate of drug-likeness (QED) is 0.776. The van der Waals surface area contributed by atoms with Crippen molar-refractivity contribution in [2.24, 2.45) is 0 Å². The molecule has 5 nitrogen and oxygen atoms in total. The number of nitrogens with one attached hydrogen (secondary N) is 1. The van der Waals surface area contributed by atoms with E-state index in [4.69, 9.17) is 4.74 Å². The van der Waals surface area contributed by atoms with Gasteiger partial charge in [0.2, 0.25) is 0 Å². The normalized spacial score (nSPS) is 17.3. The molecule has 0 bridgehead atoms. The van der Waals surface area contributed by atoms with E-state index in [2.05, 4.69) is 10.4 Å². The molecule has 0 saturated carbocycles. The molecule has 1 saturated heterocycles. The SMILES string of the molecule is CCOC(=O)c1ccnn1C1CCNCC1. The van der Waals surface area contributed by atoms with Crippen LogP contribution in [0.4, 0.5) is 0 Å². The summed E-state index contributed by atoms with van der Waals surface area (Å²) in [5, 5.41) is 7.52. The number of hydrogen-bond acceptors (Lipinski definition) is 4. The first-order chi connectivity index (χ1) is 7.83. The lowest BCUT2D eigenvalue weighted by molar-refractivity contribution is 0.0507. The van der Waals surface area contributed by atoms with E-state index in [-0.39, 0.29) is 5.97 Å². The molecule has 0 aromatic carbocycles. The molecular formula is C11H17N3O2. The van der Waals surface area contributed by atoms with Gasteiger partial charge in [0, 0.05) is 6.20 Å². The van der Waals surface area contributed by atoms with E-state index in [1.807, 2.05) is 6.92 Å². The number of aromatic nitrogens is 2. The Kier molecular flexibility index (Phi) is 3.56. The molecule has 5 heteroatoms. The maximum Gasteiger partial charge on any atom is 0.356 e. The Balaban J connectivity index is 2.14. The van der Waals surface area contributed by atoms with Gasteiger partial charge in [-0.15, -0.1) is 0 Å². The lowest BCUT2D eigenvalue weighted by Crippen LogP contribution is -2.31. The molecule has 0 amide bonds. The van der Waals surface area contributed by atoms with Crippen molar-refractivity contribution < 1.29 is 9.53 Å². The third-order valence-corrected chi connectivity index (χ3v) is 2.81. The lowest BCUT2D eigenvalue weighted by atomic mass is 10.1. The monoisotopic (exact) mass is 223 g/mol. The van der Waals surface area contributed by atoms with Crippen LogP contribution in [0.25, 0.3) is 0 Å². The smallest absolute Gasteiger partial charge is 0.356 e. The maximum absolute atomic E-state index is 11.7. The number of rotatable bonds is 3. The van der Waals surface area contributed by atoms with E-state index >= 15 is 0 Å². The van der Waals surface area contributed by atoms with Crippen LogP contribution in [0.3, 0.4) is 0 Å². The van der Waals surface area contributed by atoms with E-state index in [0.29, 0.717) is 18.3 Å². The number of carbonyl (C=O) groups is 1. The molecule has 1 aromatic rings. The largest absolute Gasteiger partial charge is 0.461 e. The molecule has 1 aromatic heterocycles. The molecular weight excluding hydrogens is 206 g/mol. The van der Waals surface area contributed by atoms with Gasteiger partial charge in [-0.05, 0) is 38.9 Å². The van der Waals surface area contributed by atoms with Gasteiger partial charge in [0.15, 0.2) is 0 Å². The van der Waals surface area contributed by atoms with Crippen LogP contribution in [0.15, 0.2) is 12.3 Å². The second-order valence-corrected chi connectivity index (χ2v) is 3.86. The minimum Gasteiger partial charge on any atom is -0.461 e. The number of ether oxygens (including phenoxy) is 1. The molecule has 0 atom stereocenters. The molecule has 0 radical (unpaired) electrons. The van der Waals surface area contributed by atoms with Crippen molar-refractivity contribution in [2.45, 2.75) is 25.8 Å². The highest BCUT2D eigenvalue weighted by Crippen LogP contribution is 2.19. The maximum atomic E-state index is 11.7. The first-order valence-corrected chi connectivity index (χ1v) is 5.74. The number of hydrogen-bond donors (Lipinski definition) is 1. The molecule has 2 rings (SSSR count). The molecule has 0 spiro atoms. The summed E-state index contributed by atoms with van der Waals surface area (Å²) >= 11 is 0. The lowest BCUT2D eigenvalue weighted by Gasteiger charge is -2.24. The summed E-state index contributed by atoms with van der Waals surface area (Å²) in [6.07, 6.45) is 3.68. The van der Waals surface area contributed by atoms with Gasteiger partial charge in [-0.25, -0.2) is 4.79 Å². The Morgan fingerprint density at radius 2 is 2.38 bits per heavy atom. The van der Waals surface area contributed by atoms with E-state index in [1.54, 1.807) is 16.9 Å². The van der Waals surface area contributed by atoms with Crippen LogP contribution in [-0.2, 0) is 4.74 Å². The van der Waals surface area contributed by atoms with E-state index in [9.17, 15) is 4.79 Å². The van der Waals surface area contributed by atoms with Crippen LogP contribution in [0.1, 0.15) is 36.3 Å². The number of esters is 1. The van der Waals surface area contributed by atoms with E-state index < -0.39 is 0 Å². The standard InChI is InChI=1S/C11H17N3O2/c1-2-16-11(15)10-5-8-13-14(10)9-3-6-12-7-4-9/h5,8-9,12H,2-4,6-7H2,1H3. The average Bonchev–Trinajstić information content (AvgIpc) is 2.79. The Bertz CT molecular complexity index is 356. The van der Waals surface area contributed by atoms with Crippen LogP contribution in [-0.4, -0.2) is 35.4 Å². The van der Waals surface area contributed by atoms with Crippen LogP contribution >= 0.6 is 0 Å². The summed E-state index contributed by atoms with van der Waals surface area (Å²) in [7, 11) is 0. The topological polar surface area (TPSA) is 56.1 Å². The Morgan fingerprint density at radius 1 is 1.62 bits per heavy atom. The van der Waals surface area contributed by atoms with Crippen LogP contribution in [0.5, 0.6) is 0 Å². The molecule has 1 aliphatic heterocycles. The van der Waals surface area contributed by atoms with Gasteiger partial charge in [0.1, 0.15) is 5.69 Å². The van der Waals surface area contributed by atoms with Gasteiger partial charge in [-0.1, -0.05) is 0 Å². The fourth-order valence-electron chi connectivity index (χ4n) is 2.02. The van der Waals surface area contributed by atoms with E-state index in [0.717, 1.165) is 25.9 Å². The molecule has 1 aliphatic rings. The van der Waals surface area contributed by atoms with Gasteiger partial charge < -0.3 is 10.1 Å². The third kappa shape index (κ3) is 2.24. The number of piperidine rings is 1. The highest BCUT2D eigenvalue weighted by Gasteiger charge is 2.21. The summed E-state index contributed by atoms with van der Waals surface area (Å²) in [6.45, 7) is 4.17. The zero-order valence-electron chi connectivity index (χ0n) is 9.48. The van der Waals surface area contributed by atoms with Gasteiger partial charge in [0.05, 0.1) is 12.6 Å². The zero-order valence-corrected chi connectivity index (χ0v) is 9.48. The predicted molar refractivity (Wildman–Crippen MR) is 59.3 cm³/mol.